The summed E-state index contributed by atoms with van der Waals surface area (Å²) in [6, 6.07) is -0.603. The Morgan fingerprint density at radius 2 is 1.92 bits per heavy atom. The standard InChI is InChI=1S/C6H11NO4.ClH/c8-4-1-3(6(10)11)7-2-5(4)9;/h3-5,7-9H,1-2H2,(H,10,11);1H/t3-,4-,5-;/m0./s1. The second kappa shape index (κ2) is 4.61. The van der Waals surface area contributed by atoms with E-state index in [1.54, 1.807) is 0 Å². The van der Waals surface area contributed by atoms with Crippen LogP contribution in [-0.4, -0.2) is 46.1 Å². The van der Waals surface area contributed by atoms with Gasteiger partial charge in [0, 0.05) is 6.42 Å². The second-order valence-electron chi connectivity index (χ2n) is 2.79. The molecule has 0 aromatic carbocycles. The highest BCUT2D eigenvalue weighted by atomic mass is 35.5. The van der Waals surface area contributed by atoms with Crippen molar-refractivity contribution in [3.63, 3.8) is 0 Å². The molecule has 1 fully saturated rings. The molecule has 0 amide bonds. The molecule has 0 aromatic heterocycles. The Bertz CT molecular complexity index is 166. The molecule has 3 atom stereocenters. The molecule has 6 heteroatoms. The minimum absolute atomic E-state index is 0. The lowest BCUT2D eigenvalue weighted by Crippen LogP contribution is -3.00. The monoisotopic (exact) mass is 197 g/mol. The predicted molar refractivity (Wildman–Crippen MR) is 34.8 cm³/mol. The van der Waals surface area contributed by atoms with Gasteiger partial charge in [-0.1, -0.05) is 0 Å². The van der Waals surface area contributed by atoms with Gasteiger partial charge in [0.2, 0.25) is 0 Å². The minimum Gasteiger partial charge on any atom is -1.00 e. The summed E-state index contributed by atoms with van der Waals surface area (Å²) in [5, 5.41) is 28.1. The van der Waals surface area contributed by atoms with Crippen molar-refractivity contribution in [2.24, 2.45) is 0 Å². The molecule has 5 N–H and O–H groups in total. The number of carbonyl (C=O) groups is 1. The topological polar surface area (TPSA) is 94.4 Å². The second-order valence-corrected chi connectivity index (χ2v) is 2.79. The number of nitrogens with two attached hydrogens (primary N) is 1. The first kappa shape index (κ1) is 11.6. The first-order valence-corrected chi connectivity index (χ1v) is 3.53. The van der Waals surface area contributed by atoms with Gasteiger partial charge in [0.1, 0.15) is 12.6 Å². The van der Waals surface area contributed by atoms with Crippen LogP contribution >= 0.6 is 0 Å². The maximum absolute atomic E-state index is 10.4. The fourth-order valence-corrected chi connectivity index (χ4v) is 1.18. The fraction of sp³-hybridized carbons (Fsp3) is 0.833. The number of hydrogen-bond acceptors (Lipinski definition) is 3. The minimum atomic E-state index is -0.934. The molecule has 0 saturated carbocycles. The van der Waals surface area contributed by atoms with Crippen LogP contribution < -0.4 is 17.7 Å². The lowest BCUT2D eigenvalue weighted by atomic mass is 10.00. The molecular formula is C6H12ClNO4. The van der Waals surface area contributed by atoms with Crippen LogP contribution in [0.25, 0.3) is 0 Å². The first-order valence-electron chi connectivity index (χ1n) is 3.53. The molecular weight excluding hydrogens is 186 g/mol. The van der Waals surface area contributed by atoms with Crippen LogP contribution in [-0.2, 0) is 4.79 Å². The van der Waals surface area contributed by atoms with E-state index in [1.165, 1.54) is 5.32 Å². The van der Waals surface area contributed by atoms with Crippen molar-refractivity contribution in [3.8, 4) is 0 Å². The SMILES string of the molecule is O=C(O)[C@@H]1C[C@H](O)[C@@H](O)C[NH2+]1.[Cl-]. The quantitative estimate of drug-likeness (QED) is 0.337. The lowest BCUT2D eigenvalue weighted by molar-refractivity contribution is -0.695. The van der Waals surface area contributed by atoms with Crippen molar-refractivity contribution >= 4 is 5.97 Å². The molecule has 0 aromatic rings. The van der Waals surface area contributed by atoms with Crippen LogP contribution in [0.2, 0.25) is 0 Å². The molecule has 5 nitrogen and oxygen atoms in total. The highest BCUT2D eigenvalue weighted by molar-refractivity contribution is 5.71. The van der Waals surface area contributed by atoms with Crippen LogP contribution in [0.1, 0.15) is 6.42 Å². The zero-order valence-electron chi connectivity index (χ0n) is 6.35. The van der Waals surface area contributed by atoms with Crippen LogP contribution in [0.5, 0.6) is 0 Å². The van der Waals surface area contributed by atoms with E-state index in [9.17, 15) is 4.79 Å². The highest BCUT2D eigenvalue weighted by Gasteiger charge is 2.34. The number of rotatable bonds is 1. The van der Waals surface area contributed by atoms with Gasteiger partial charge in [-0.25, -0.2) is 4.79 Å². The summed E-state index contributed by atoms with van der Waals surface area (Å²) in [5.41, 5.74) is 0. The van der Waals surface area contributed by atoms with E-state index < -0.39 is 24.2 Å². The van der Waals surface area contributed by atoms with Gasteiger partial charge in [0.25, 0.3) is 0 Å². The predicted octanol–water partition coefficient (Wildman–Crippen LogP) is -5.87. The molecule has 12 heavy (non-hydrogen) atoms. The van der Waals surface area contributed by atoms with Crippen LogP contribution in [0, 0.1) is 0 Å². The van der Waals surface area contributed by atoms with Gasteiger partial charge in [-0.2, -0.15) is 0 Å². The van der Waals surface area contributed by atoms with E-state index in [-0.39, 0.29) is 25.4 Å². The summed E-state index contributed by atoms with van der Waals surface area (Å²) in [6.07, 6.45) is -1.55. The van der Waals surface area contributed by atoms with Crippen molar-refractivity contribution in [1.82, 2.24) is 0 Å². The smallest absolute Gasteiger partial charge is 0.362 e. The number of aliphatic hydroxyl groups is 2. The number of aliphatic carboxylic acids is 1. The van der Waals surface area contributed by atoms with Gasteiger partial charge < -0.3 is 33.0 Å². The van der Waals surface area contributed by atoms with Crippen LogP contribution in [0.15, 0.2) is 0 Å². The van der Waals surface area contributed by atoms with Crippen molar-refractivity contribution in [2.75, 3.05) is 6.54 Å². The van der Waals surface area contributed by atoms with E-state index in [4.69, 9.17) is 15.3 Å². The molecule has 0 unspecified atom stereocenters. The summed E-state index contributed by atoms with van der Waals surface area (Å²) in [7, 11) is 0. The summed E-state index contributed by atoms with van der Waals surface area (Å²) in [6.45, 7) is 0.262. The molecule has 1 aliphatic rings. The molecule has 0 radical (unpaired) electrons. The van der Waals surface area contributed by atoms with Crippen LogP contribution in [0.4, 0.5) is 0 Å². The average Bonchev–Trinajstić information content (AvgIpc) is 1.94. The number of piperidine rings is 1. The Morgan fingerprint density at radius 1 is 1.33 bits per heavy atom. The number of hydrogen-bond donors (Lipinski definition) is 4. The Morgan fingerprint density at radius 3 is 2.33 bits per heavy atom. The maximum Gasteiger partial charge on any atom is 0.362 e. The molecule has 0 spiro atoms. The maximum atomic E-state index is 10.4. The molecule has 1 aliphatic heterocycles. The van der Waals surface area contributed by atoms with E-state index >= 15 is 0 Å². The highest BCUT2D eigenvalue weighted by Crippen LogP contribution is 2.03. The van der Waals surface area contributed by atoms with Crippen molar-refractivity contribution in [3.05, 3.63) is 0 Å². The van der Waals surface area contributed by atoms with Gasteiger partial charge in [-0.05, 0) is 0 Å². The summed E-state index contributed by atoms with van der Waals surface area (Å²) in [5.74, 6) is -0.934. The third-order valence-electron chi connectivity index (χ3n) is 1.92. The summed E-state index contributed by atoms with van der Waals surface area (Å²) >= 11 is 0. The Balaban J connectivity index is 0.00000121. The van der Waals surface area contributed by atoms with Gasteiger partial charge in [-0.15, -0.1) is 0 Å². The largest absolute Gasteiger partial charge is 1.00 e. The Labute approximate surface area is 75.8 Å². The summed E-state index contributed by atoms with van der Waals surface area (Å²) < 4.78 is 0. The average molecular weight is 198 g/mol. The molecule has 1 heterocycles. The molecule has 1 saturated heterocycles. The number of carboxylic acids is 1. The molecule has 72 valence electrons. The van der Waals surface area contributed by atoms with E-state index in [0.717, 1.165) is 0 Å². The zero-order valence-corrected chi connectivity index (χ0v) is 7.11. The summed E-state index contributed by atoms with van der Waals surface area (Å²) in [4.78, 5) is 10.4. The molecule has 1 rings (SSSR count). The van der Waals surface area contributed by atoms with E-state index in [1.807, 2.05) is 0 Å². The number of quaternary nitrogens is 1. The first-order chi connectivity index (χ1) is 5.11. The third kappa shape index (κ3) is 2.60. The third-order valence-corrected chi connectivity index (χ3v) is 1.92. The lowest BCUT2D eigenvalue weighted by Gasteiger charge is -2.25. The van der Waals surface area contributed by atoms with E-state index in [0.29, 0.717) is 0 Å². The number of halogens is 1. The Hall–Kier alpha value is -0.360. The van der Waals surface area contributed by atoms with Crippen molar-refractivity contribution in [1.29, 1.82) is 0 Å². The van der Waals surface area contributed by atoms with Crippen molar-refractivity contribution < 1.29 is 37.8 Å². The molecule has 0 aliphatic carbocycles. The van der Waals surface area contributed by atoms with Gasteiger partial charge in [0.05, 0.1) is 6.10 Å². The van der Waals surface area contributed by atoms with Crippen molar-refractivity contribution in [2.45, 2.75) is 24.7 Å². The number of carboxylic acid groups (broad SMARTS) is 1. The fourth-order valence-electron chi connectivity index (χ4n) is 1.18. The number of aliphatic hydroxyl groups excluding tert-OH is 2. The Kier molecular flexibility index (Phi) is 4.47. The van der Waals surface area contributed by atoms with Gasteiger partial charge >= 0.3 is 5.97 Å². The normalized spacial score (nSPS) is 35.3. The molecule has 0 bridgehead atoms. The zero-order chi connectivity index (χ0) is 8.43. The van der Waals surface area contributed by atoms with Crippen LogP contribution in [0.3, 0.4) is 0 Å². The van der Waals surface area contributed by atoms with Gasteiger partial charge in [-0.3, -0.25) is 0 Å². The van der Waals surface area contributed by atoms with E-state index in [2.05, 4.69) is 0 Å². The van der Waals surface area contributed by atoms with Gasteiger partial charge in [0.15, 0.2) is 6.04 Å².